The van der Waals surface area contributed by atoms with Crippen LogP contribution >= 0.6 is 0 Å². The largest absolute Gasteiger partial charge is 0.440 e. The van der Waals surface area contributed by atoms with Crippen LogP contribution in [0, 0.1) is 20.8 Å². The summed E-state index contributed by atoms with van der Waals surface area (Å²) in [4.78, 5) is 12.3. The van der Waals surface area contributed by atoms with Crippen LogP contribution in [-0.2, 0) is 19.1 Å². The summed E-state index contributed by atoms with van der Waals surface area (Å²) in [5, 5.41) is 0. The average Bonchev–Trinajstić information content (AvgIpc) is 2.63. The lowest BCUT2D eigenvalue weighted by Crippen LogP contribution is -2.32. The van der Waals surface area contributed by atoms with Crippen LogP contribution in [0.15, 0.2) is 28.7 Å². The molecule has 1 N–H and O–H groups in total. The van der Waals surface area contributed by atoms with Crippen molar-refractivity contribution in [1.29, 1.82) is 0 Å². The number of ether oxygens (including phenoxy) is 1. The molecule has 7 heteroatoms. The molecule has 1 amide bonds. The molecule has 1 unspecified atom stereocenters. The zero-order valence-electron chi connectivity index (χ0n) is 17.2. The summed E-state index contributed by atoms with van der Waals surface area (Å²) in [6, 6.07) is 3.52. The van der Waals surface area contributed by atoms with Gasteiger partial charge in [-0.25, -0.2) is 4.79 Å². The Bertz CT molecular complexity index is 806. The summed E-state index contributed by atoms with van der Waals surface area (Å²) >= 11 is 0. The number of carbonyl (C=O) groups is 1. The highest BCUT2D eigenvalue weighted by atomic mass is 32.2. The molecule has 0 saturated carbocycles. The van der Waals surface area contributed by atoms with Crippen molar-refractivity contribution in [2.45, 2.75) is 83.6 Å². The van der Waals surface area contributed by atoms with E-state index in [9.17, 15) is 13.2 Å². The normalized spacial score (nSPS) is 15.6. The fourth-order valence-corrected chi connectivity index (χ4v) is 4.88. The highest BCUT2D eigenvalue weighted by molar-refractivity contribution is 7.86. The summed E-state index contributed by atoms with van der Waals surface area (Å²) < 4.78 is 35.4. The minimum atomic E-state index is -4.14. The molecule has 0 bridgehead atoms. The third kappa shape index (κ3) is 6.07. The van der Waals surface area contributed by atoms with Gasteiger partial charge in [-0.15, -0.1) is 4.28 Å². The quantitative estimate of drug-likeness (QED) is 0.482. The predicted octanol–water partition coefficient (Wildman–Crippen LogP) is 5.02. The van der Waals surface area contributed by atoms with Crippen LogP contribution in [0.1, 0.15) is 68.6 Å². The molecule has 1 aliphatic rings. The van der Waals surface area contributed by atoms with Gasteiger partial charge >= 0.3 is 16.2 Å². The van der Waals surface area contributed by atoms with Crippen molar-refractivity contribution in [3.63, 3.8) is 0 Å². The van der Waals surface area contributed by atoms with Crippen molar-refractivity contribution >= 4 is 16.2 Å². The van der Waals surface area contributed by atoms with E-state index in [1.54, 1.807) is 26.0 Å². The topological polar surface area (TPSA) is 81.7 Å². The van der Waals surface area contributed by atoms with Gasteiger partial charge in [-0.05, 0) is 76.0 Å². The van der Waals surface area contributed by atoms with Crippen LogP contribution in [0.4, 0.5) is 4.79 Å². The van der Waals surface area contributed by atoms with Crippen LogP contribution in [0.2, 0.25) is 0 Å². The fourth-order valence-electron chi connectivity index (χ4n) is 3.71. The zero-order chi connectivity index (χ0) is 20.7. The molecule has 6 nitrogen and oxygen atoms in total. The van der Waals surface area contributed by atoms with Gasteiger partial charge in [-0.1, -0.05) is 37.1 Å². The smallest absolute Gasteiger partial charge is 0.433 e. The Labute approximate surface area is 168 Å². The van der Waals surface area contributed by atoms with E-state index in [-0.39, 0.29) is 11.0 Å². The van der Waals surface area contributed by atoms with Crippen LogP contribution in [0.5, 0.6) is 0 Å². The van der Waals surface area contributed by atoms with Crippen molar-refractivity contribution in [2.24, 2.45) is 0 Å². The lowest BCUT2D eigenvalue weighted by Gasteiger charge is -2.23. The zero-order valence-corrected chi connectivity index (χ0v) is 18.0. The summed E-state index contributed by atoms with van der Waals surface area (Å²) in [6.07, 6.45) is 7.66. The fraction of sp³-hybridized carbons (Fsp3) is 0.571. The third-order valence-corrected chi connectivity index (χ3v) is 6.34. The second-order valence-electron chi connectivity index (χ2n) is 7.43. The Morgan fingerprint density at radius 1 is 1.18 bits per heavy atom. The summed E-state index contributed by atoms with van der Waals surface area (Å²) in [5.74, 6) is 0. The van der Waals surface area contributed by atoms with Crippen molar-refractivity contribution in [2.75, 3.05) is 0 Å². The predicted molar refractivity (Wildman–Crippen MR) is 108 cm³/mol. The van der Waals surface area contributed by atoms with E-state index >= 15 is 0 Å². The van der Waals surface area contributed by atoms with Gasteiger partial charge in [0.1, 0.15) is 11.0 Å². The number of hydrogen-bond donors (Lipinski definition) is 1. The van der Waals surface area contributed by atoms with Gasteiger partial charge in [0.15, 0.2) is 0 Å². The van der Waals surface area contributed by atoms with Crippen molar-refractivity contribution in [3.8, 4) is 0 Å². The Kier molecular flexibility index (Phi) is 8.07. The number of nitrogens with one attached hydrogen (secondary N) is 1. The summed E-state index contributed by atoms with van der Waals surface area (Å²) in [7, 11) is -4.14. The Balaban J connectivity index is 2.04. The molecule has 0 radical (unpaired) electrons. The highest BCUT2D eigenvalue weighted by Crippen LogP contribution is 2.26. The van der Waals surface area contributed by atoms with E-state index in [0.29, 0.717) is 11.1 Å². The molecule has 28 heavy (non-hydrogen) atoms. The Hall–Kier alpha value is -1.86. The lowest BCUT2D eigenvalue weighted by molar-refractivity contribution is 0.0730. The van der Waals surface area contributed by atoms with Crippen LogP contribution < -0.4 is 5.48 Å². The van der Waals surface area contributed by atoms with Crippen molar-refractivity contribution in [3.05, 3.63) is 40.5 Å². The van der Waals surface area contributed by atoms with E-state index in [4.69, 9.17) is 9.02 Å². The first-order chi connectivity index (χ1) is 13.2. The summed E-state index contributed by atoms with van der Waals surface area (Å²) in [6.45, 7) is 7.37. The second kappa shape index (κ2) is 10.1. The molecule has 0 spiro atoms. The number of carbonyl (C=O) groups excluding carboxylic acids is 1. The van der Waals surface area contributed by atoms with Gasteiger partial charge in [0.25, 0.3) is 0 Å². The molecule has 1 aliphatic carbocycles. The number of benzene rings is 1. The molecule has 2 rings (SSSR count). The van der Waals surface area contributed by atoms with Gasteiger partial charge in [0, 0.05) is 0 Å². The molecule has 1 aromatic carbocycles. The average molecular weight is 410 g/mol. The summed E-state index contributed by atoms with van der Waals surface area (Å²) in [5.41, 5.74) is 5.17. The molecule has 0 aromatic heterocycles. The van der Waals surface area contributed by atoms with Crippen LogP contribution in [0.3, 0.4) is 0 Å². The van der Waals surface area contributed by atoms with Gasteiger partial charge in [0.2, 0.25) is 0 Å². The lowest BCUT2D eigenvalue weighted by atomic mass is 9.93. The number of aryl methyl sites for hydroxylation is 3. The molecule has 0 aliphatic heterocycles. The third-order valence-electron chi connectivity index (χ3n) is 4.90. The van der Waals surface area contributed by atoms with E-state index in [0.717, 1.165) is 56.1 Å². The molecule has 1 atom stereocenters. The first-order valence-electron chi connectivity index (χ1n) is 9.91. The SMILES string of the molecule is CCCCC(OC(=O)NOS(=O)(=O)c1c(C)cc(C)cc1C)C1=CCCCC1. The van der Waals surface area contributed by atoms with Crippen LogP contribution in [-0.4, -0.2) is 20.6 Å². The Morgan fingerprint density at radius 3 is 2.43 bits per heavy atom. The second-order valence-corrected chi connectivity index (χ2v) is 8.91. The molecule has 0 fully saturated rings. The molecule has 0 saturated heterocycles. The number of rotatable bonds is 8. The highest BCUT2D eigenvalue weighted by Gasteiger charge is 2.25. The molecular formula is C21H31NO5S. The number of amides is 1. The number of unbranched alkanes of at least 4 members (excludes halogenated alkanes) is 1. The van der Waals surface area contributed by atoms with Crippen molar-refractivity contribution in [1.82, 2.24) is 5.48 Å². The van der Waals surface area contributed by atoms with Gasteiger partial charge in [-0.2, -0.15) is 13.9 Å². The Morgan fingerprint density at radius 2 is 1.86 bits per heavy atom. The first kappa shape index (κ1) is 22.4. The molecule has 156 valence electrons. The van der Waals surface area contributed by atoms with Gasteiger partial charge in [-0.3, -0.25) is 0 Å². The first-order valence-corrected chi connectivity index (χ1v) is 11.3. The van der Waals surface area contributed by atoms with E-state index in [2.05, 4.69) is 13.0 Å². The number of hydrogen-bond acceptors (Lipinski definition) is 5. The number of allylic oxidation sites excluding steroid dienone is 1. The maximum Gasteiger partial charge on any atom is 0.433 e. The van der Waals surface area contributed by atoms with Crippen molar-refractivity contribution < 1.29 is 22.2 Å². The molecular weight excluding hydrogens is 378 g/mol. The monoisotopic (exact) mass is 409 g/mol. The standard InChI is InChI=1S/C21H31NO5S/c1-5-6-12-19(18-10-8-7-9-11-18)26-21(23)22-27-28(24,25)20-16(3)13-15(2)14-17(20)4/h10,13-14,19H,5-9,11-12H2,1-4H3,(H,22,23). The minimum Gasteiger partial charge on any atom is -0.440 e. The van der Waals surface area contributed by atoms with E-state index in [1.165, 1.54) is 0 Å². The molecule has 0 heterocycles. The molecule has 1 aromatic rings. The van der Waals surface area contributed by atoms with Gasteiger partial charge < -0.3 is 4.74 Å². The van der Waals surface area contributed by atoms with Crippen LogP contribution in [0.25, 0.3) is 0 Å². The maximum atomic E-state index is 12.5. The number of hydroxylamine groups is 1. The minimum absolute atomic E-state index is 0.0657. The van der Waals surface area contributed by atoms with Gasteiger partial charge in [0.05, 0.1) is 0 Å². The maximum absolute atomic E-state index is 12.5. The van der Waals surface area contributed by atoms with E-state index < -0.39 is 16.2 Å². The van der Waals surface area contributed by atoms with E-state index in [1.807, 2.05) is 12.4 Å².